The molecule has 1 unspecified atom stereocenters. The summed E-state index contributed by atoms with van der Waals surface area (Å²) in [5.41, 5.74) is 0. The molecular formula is C9H15ClF3NO. The zero-order chi connectivity index (χ0) is 11.3. The van der Waals surface area contributed by atoms with Crippen LogP contribution in [0, 0.1) is 5.92 Å². The van der Waals surface area contributed by atoms with Gasteiger partial charge in [0.05, 0.1) is 6.61 Å². The fourth-order valence-corrected chi connectivity index (χ4v) is 2.02. The molecule has 0 aromatic rings. The van der Waals surface area contributed by atoms with Crippen molar-refractivity contribution in [1.29, 1.82) is 0 Å². The Labute approximate surface area is 92.3 Å². The zero-order valence-corrected chi connectivity index (χ0v) is 9.15. The van der Waals surface area contributed by atoms with Crippen molar-refractivity contribution in [2.24, 2.45) is 5.92 Å². The number of ether oxygens (including phenoxy) is 1. The van der Waals surface area contributed by atoms with Gasteiger partial charge in [-0.05, 0) is 25.3 Å². The molecule has 90 valence electrons. The van der Waals surface area contributed by atoms with Gasteiger partial charge in [-0.15, -0.1) is 24.8 Å². The second-order valence-corrected chi connectivity index (χ2v) is 4.07. The van der Waals surface area contributed by atoms with Crippen LogP contribution in [0.15, 0.2) is 0 Å². The third-order valence-electron chi connectivity index (χ3n) is 2.49. The average molecular weight is 246 g/mol. The van der Waals surface area contributed by atoms with Crippen LogP contribution in [-0.4, -0.2) is 43.4 Å². The van der Waals surface area contributed by atoms with E-state index in [0.717, 1.165) is 25.9 Å². The lowest BCUT2D eigenvalue weighted by Crippen LogP contribution is -2.38. The number of likely N-dealkylation sites (tertiary alicyclic amines) is 1. The molecule has 1 fully saturated rings. The van der Waals surface area contributed by atoms with E-state index in [4.69, 9.17) is 11.6 Å². The topological polar surface area (TPSA) is 12.5 Å². The first kappa shape index (κ1) is 13.1. The van der Waals surface area contributed by atoms with Gasteiger partial charge in [0, 0.05) is 19.0 Å². The van der Waals surface area contributed by atoms with Gasteiger partial charge < -0.3 is 4.90 Å². The quantitative estimate of drug-likeness (QED) is 0.706. The Kier molecular flexibility index (Phi) is 5.15. The van der Waals surface area contributed by atoms with E-state index in [1.807, 2.05) is 4.90 Å². The summed E-state index contributed by atoms with van der Waals surface area (Å²) in [4.78, 5) is 1.97. The minimum absolute atomic E-state index is 0.293. The van der Waals surface area contributed by atoms with Gasteiger partial charge in [-0.1, -0.05) is 0 Å². The standard InChI is InChI=1S/C9H15ClF3NO/c10-6-8-2-1-3-14(7-8)4-5-15-9(11,12)13/h8H,1-7H2. The monoisotopic (exact) mass is 245 g/mol. The SMILES string of the molecule is FC(F)(F)OCCN1CCCC(CCl)C1. The molecule has 0 bridgehead atoms. The van der Waals surface area contributed by atoms with Crippen LogP contribution in [0.4, 0.5) is 13.2 Å². The second-order valence-electron chi connectivity index (χ2n) is 3.76. The van der Waals surface area contributed by atoms with Gasteiger partial charge in [-0.3, -0.25) is 4.74 Å². The van der Waals surface area contributed by atoms with Crippen LogP contribution in [0.5, 0.6) is 0 Å². The minimum atomic E-state index is -4.51. The predicted octanol–water partition coefficient (Wildman–Crippen LogP) is 2.47. The van der Waals surface area contributed by atoms with E-state index in [2.05, 4.69) is 4.74 Å². The van der Waals surface area contributed by atoms with Crippen LogP contribution in [0.25, 0.3) is 0 Å². The predicted molar refractivity (Wildman–Crippen MR) is 51.9 cm³/mol. The van der Waals surface area contributed by atoms with Gasteiger partial charge in [0.1, 0.15) is 0 Å². The number of piperidine rings is 1. The highest BCUT2D eigenvalue weighted by molar-refractivity contribution is 6.18. The Hall–Kier alpha value is 0. The molecule has 1 aliphatic heterocycles. The summed E-state index contributed by atoms with van der Waals surface area (Å²) >= 11 is 5.71. The summed E-state index contributed by atoms with van der Waals surface area (Å²) in [6.07, 6.45) is -2.44. The van der Waals surface area contributed by atoms with Crippen molar-refractivity contribution in [3.05, 3.63) is 0 Å². The minimum Gasteiger partial charge on any atom is -0.301 e. The average Bonchev–Trinajstić information content (AvgIpc) is 2.16. The summed E-state index contributed by atoms with van der Waals surface area (Å²) in [6, 6.07) is 0. The van der Waals surface area contributed by atoms with Gasteiger partial charge in [-0.2, -0.15) is 0 Å². The first-order valence-electron chi connectivity index (χ1n) is 5.00. The third-order valence-corrected chi connectivity index (χ3v) is 2.93. The number of alkyl halides is 4. The third kappa shape index (κ3) is 5.58. The lowest BCUT2D eigenvalue weighted by Gasteiger charge is -2.31. The molecule has 1 aliphatic rings. The fraction of sp³-hybridized carbons (Fsp3) is 1.00. The molecule has 1 atom stereocenters. The van der Waals surface area contributed by atoms with Crippen molar-refractivity contribution >= 4 is 11.6 Å². The van der Waals surface area contributed by atoms with Crippen molar-refractivity contribution in [3.8, 4) is 0 Å². The van der Waals surface area contributed by atoms with E-state index in [0.29, 0.717) is 18.3 Å². The van der Waals surface area contributed by atoms with Crippen LogP contribution in [0.3, 0.4) is 0 Å². The molecule has 2 nitrogen and oxygen atoms in total. The van der Waals surface area contributed by atoms with E-state index in [1.165, 1.54) is 0 Å². The normalized spacial score (nSPS) is 24.4. The molecule has 0 amide bonds. The van der Waals surface area contributed by atoms with Crippen LogP contribution in [0.1, 0.15) is 12.8 Å². The first-order valence-corrected chi connectivity index (χ1v) is 5.53. The van der Waals surface area contributed by atoms with Crippen molar-refractivity contribution in [2.45, 2.75) is 19.2 Å². The Balaban J connectivity index is 2.15. The molecule has 0 radical (unpaired) electrons. The number of nitrogens with zero attached hydrogens (tertiary/aromatic N) is 1. The molecular weight excluding hydrogens is 231 g/mol. The Morgan fingerprint density at radius 1 is 1.40 bits per heavy atom. The summed E-state index contributed by atoms with van der Waals surface area (Å²) in [7, 11) is 0. The van der Waals surface area contributed by atoms with Gasteiger partial charge in [0.15, 0.2) is 0 Å². The summed E-state index contributed by atoms with van der Waals surface area (Å²) < 4.78 is 38.8. The van der Waals surface area contributed by atoms with Gasteiger partial charge in [0.25, 0.3) is 0 Å². The lowest BCUT2D eigenvalue weighted by molar-refractivity contribution is -0.325. The maximum atomic E-state index is 11.7. The van der Waals surface area contributed by atoms with Crippen molar-refractivity contribution in [2.75, 3.05) is 32.1 Å². The molecule has 6 heteroatoms. The maximum Gasteiger partial charge on any atom is 0.522 e. The highest BCUT2D eigenvalue weighted by atomic mass is 35.5. The van der Waals surface area contributed by atoms with E-state index in [-0.39, 0.29) is 6.61 Å². The first-order chi connectivity index (χ1) is 7.01. The smallest absolute Gasteiger partial charge is 0.301 e. The molecule has 0 saturated carbocycles. The number of halogens is 4. The van der Waals surface area contributed by atoms with Crippen LogP contribution >= 0.6 is 11.6 Å². The fourth-order valence-electron chi connectivity index (χ4n) is 1.77. The molecule has 0 aromatic heterocycles. The summed E-state index contributed by atoms with van der Waals surface area (Å²) in [5.74, 6) is 0.989. The molecule has 0 aromatic carbocycles. The molecule has 1 heterocycles. The van der Waals surface area contributed by atoms with Crippen molar-refractivity contribution in [1.82, 2.24) is 4.90 Å². The molecule has 1 saturated heterocycles. The van der Waals surface area contributed by atoms with Gasteiger partial charge >= 0.3 is 6.36 Å². The van der Waals surface area contributed by atoms with Crippen LogP contribution in [0.2, 0.25) is 0 Å². The van der Waals surface area contributed by atoms with Crippen molar-refractivity contribution in [3.63, 3.8) is 0 Å². The van der Waals surface area contributed by atoms with E-state index in [1.54, 1.807) is 0 Å². The van der Waals surface area contributed by atoms with Gasteiger partial charge in [0.2, 0.25) is 0 Å². The number of hydrogen-bond acceptors (Lipinski definition) is 2. The highest BCUT2D eigenvalue weighted by Crippen LogP contribution is 2.19. The Morgan fingerprint density at radius 2 is 2.13 bits per heavy atom. The molecule has 0 spiro atoms. The highest BCUT2D eigenvalue weighted by Gasteiger charge is 2.29. The number of hydrogen-bond donors (Lipinski definition) is 0. The van der Waals surface area contributed by atoms with Crippen LogP contribution in [-0.2, 0) is 4.74 Å². The zero-order valence-electron chi connectivity index (χ0n) is 8.39. The molecule has 0 N–H and O–H groups in total. The maximum absolute atomic E-state index is 11.7. The lowest BCUT2D eigenvalue weighted by atomic mass is 10.0. The van der Waals surface area contributed by atoms with E-state index >= 15 is 0 Å². The Morgan fingerprint density at radius 3 is 2.73 bits per heavy atom. The Bertz CT molecular complexity index is 189. The molecule has 15 heavy (non-hydrogen) atoms. The number of rotatable bonds is 4. The second kappa shape index (κ2) is 5.92. The largest absolute Gasteiger partial charge is 0.522 e. The van der Waals surface area contributed by atoms with Crippen LogP contribution < -0.4 is 0 Å². The summed E-state index contributed by atoms with van der Waals surface area (Å²) in [6.45, 7) is 1.66. The molecule has 1 rings (SSSR count). The summed E-state index contributed by atoms with van der Waals surface area (Å²) in [5, 5.41) is 0. The van der Waals surface area contributed by atoms with Crippen molar-refractivity contribution < 1.29 is 17.9 Å². The van der Waals surface area contributed by atoms with E-state index in [9.17, 15) is 13.2 Å². The molecule has 0 aliphatic carbocycles. The van der Waals surface area contributed by atoms with E-state index < -0.39 is 6.36 Å². The van der Waals surface area contributed by atoms with Gasteiger partial charge in [-0.25, -0.2) is 0 Å².